The summed E-state index contributed by atoms with van der Waals surface area (Å²) in [6.07, 6.45) is 0. The van der Waals surface area contributed by atoms with Crippen molar-refractivity contribution in [3.8, 4) is 45.6 Å². The van der Waals surface area contributed by atoms with Crippen LogP contribution < -0.4 is 34.1 Å². The number of benzene rings is 4. The second-order valence-corrected chi connectivity index (χ2v) is 13.3. The minimum absolute atomic E-state index is 0. The van der Waals surface area contributed by atoms with Crippen LogP contribution in [0.25, 0.3) is 22.6 Å². The lowest BCUT2D eigenvalue weighted by Crippen LogP contribution is -2.52. The molecule has 4 aliphatic heterocycles. The van der Waals surface area contributed by atoms with E-state index < -0.39 is 5.97 Å². The van der Waals surface area contributed by atoms with E-state index >= 15 is 0 Å². The van der Waals surface area contributed by atoms with Gasteiger partial charge in [-0.15, -0.1) is 0 Å². The first-order chi connectivity index (χ1) is 28.8. The van der Waals surface area contributed by atoms with Gasteiger partial charge in [0.25, 0.3) is 5.91 Å². The third kappa shape index (κ3) is 9.05. The summed E-state index contributed by atoms with van der Waals surface area (Å²) in [6.45, 7) is 3.32. The summed E-state index contributed by atoms with van der Waals surface area (Å²) in [6, 6.07) is 32.7. The van der Waals surface area contributed by atoms with Crippen LogP contribution in [0.3, 0.4) is 0 Å². The van der Waals surface area contributed by atoms with Crippen molar-refractivity contribution in [3.05, 3.63) is 121 Å². The van der Waals surface area contributed by atoms with Crippen LogP contribution in [-0.2, 0) is 9.59 Å². The molecule has 2 aromatic heterocycles. The lowest BCUT2D eigenvalue weighted by molar-refractivity contribution is -0.120. The number of anilines is 2. The summed E-state index contributed by atoms with van der Waals surface area (Å²) in [7, 11) is 0. The molecule has 2 saturated heterocycles. The van der Waals surface area contributed by atoms with Crippen LogP contribution in [-0.4, -0.2) is 96.9 Å². The molecule has 10 rings (SSSR count). The Morgan fingerprint density at radius 3 is 1.63 bits per heavy atom. The maximum atomic E-state index is 12.8. The summed E-state index contributed by atoms with van der Waals surface area (Å²) < 4.78 is 31.3. The van der Waals surface area contributed by atoms with Crippen molar-refractivity contribution in [1.29, 1.82) is 0 Å². The van der Waals surface area contributed by atoms with Crippen LogP contribution in [0.1, 0.15) is 28.4 Å². The number of nitrogens with one attached hydrogen (secondary N) is 1. The van der Waals surface area contributed by atoms with Crippen molar-refractivity contribution in [1.82, 2.24) is 20.5 Å². The molecule has 2 N–H and O–H groups in total. The molecule has 60 heavy (non-hydrogen) atoms. The molecule has 2 fully saturated rings. The Morgan fingerprint density at radius 1 is 0.600 bits per heavy atom. The first-order valence-electron chi connectivity index (χ1n) is 18.5. The normalized spacial score (nSPS) is 15.0. The summed E-state index contributed by atoms with van der Waals surface area (Å²) in [5.41, 5.74) is 3.28. The largest absolute Gasteiger partial charge is 0.476 e. The lowest BCUT2D eigenvalue weighted by atomic mass is 10.1. The SMILES string of the molecule is C.O=C(O)c1cc(-c2ccc3c(c2)OCO3)on1.O=C(c1cc(-c2ccc3c(c2)OCO3)on1)N1CCN(c2ccccc2)C(=O)C1.O=C1CNCCN1c1ccccc1. The van der Waals surface area contributed by atoms with E-state index in [4.69, 9.17) is 33.1 Å². The topological polar surface area (TPSA) is 199 Å². The minimum atomic E-state index is -1.12. The number of rotatable bonds is 6. The molecule has 4 aromatic carbocycles. The molecule has 308 valence electrons. The standard InChI is InChI=1S/C21H17N3O5.C11H7NO5.C10H12N2O.CH4/c25-20-12-23(8-9-24(20)15-4-2-1-3-5-15)21(26)16-11-18(29-22-16)14-6-7-17-19(10-14)28-13-27-17;13-11(14)7-4-9(17-12-7)6-1-2-8-10(3-6)16-5-15-8;13-10-8-11-6-7-12(10)9-4-2-1-3-5-9;/h1-7,10-11H,8-9,12-13H2;1-4H,5H2,(H,13,14);1-5,11H,6-8H2;1H4. The van der Waals surface area contributed by atoms with E-state index in [1.54, 1.807) is 41.3 Å². The van der Waals surface area contributed by atoms with E-state index in [-0.39, 0.29) is 56.7 Å². The Labute approximate surface area is 343 Å². The zero-order valence-electron chi connectivity index (χ0n) is 31.3. The number of nitrogens with zero attached hydrogens (tertiary/aromatic N) is 5. The number of carboxylic acids is 1. The van der Waals surface area contributed by atoms with Crippen molar-refractivity contribution in [2.75, 3.05) is 62.7 Å². The van der Waals surface area contributed by atoms with Crippen LogP contribution in [0.2, 0.25) is 0 Å². The van der Waals surface area contributed by atoms with Gasteiger partial charge in [0.2, 0.25) is 25.4 Å². The van der Waals surface area contributed by atoms with Gasteiger partial charge in [-0.3, -0.25) is 14.4 Å². The molecule has 0 spiro atoms. The van der Waals surface area contributed by atoms with Crippen molar-refractivity contribution in [3.63, 3.8) is 0 Å². The van der Waals surface area contributed by atoms with Gasteiger partial charge in [-0.2, -0.15) is 0 Å². The Balaban J connectivity index is 0.000000149. The first kappa shape index (κ1) is 40.5. The number of para-hydroxylation sites is 2. The van der Waals surface area contributed by atoms with E-state index in [0.717, 1.165) is 30.0 Å². The molecule has 4 aliphatic rings. The van der Waals surface area contributed by atoms with Gasteiger partial charge in [0.15, 0.2) is 45.9 Å². The van der Waals surface area contributed by atoms with Gasteiger partial charge in [0.1, 0.15) is 6.54 Å². The summed E-state index contributed by atoms with van der Waals surface area (Å²) in [5, 5.41) is 19.1. The highest BCUT2D eigenvalue weighted by Gasteiger charge is 2.30. The number of ether oxygens (including phenoxy) is 4. The second kappa shape index (κ2) is 18.3. The lowest BCUT2D eigenvalue weighted by Gasteiger charge is -2.33. The number of carboxylic acid groups (broad SMARTS) is 1. The summed E-state index contributed by atoms with van der Waals surface area (Å²) >= 11 is 0. The number of fused-ring (bicyclic) bond motifs is 2. The van der Waals surface area contributed by atoms with Gasteiger partial charge in [0, 0.05) is 60.8 Å². The van der Waals surface area contributed by atoms with Crippen molar-refractivity contribution < 1.29 is 52.3 Å². The van der Waals surface area contributed by atoms with Crippen molar-refractivity contribution in [2.24, 2.45) is 0 Å². The fraction of sp³-hybridized carbons (Fsp3) is 0.209. The molecule has 0 atom stereocenters. The van der Waals surface area contributed by atoms with E-state index in [1.807, 2.05) is 71.6 Å². The van der Waals surface area contributed by atoms with Crippen LogP contribution in [0, 0.1) is 0 Å². The number of carbonyl (C=O) groups excluding carboxylic acids is 3. The number of amides is 3. The summed E-state index contributed by atoms with van der Waals surface area (Å²) in [4.78, 5) is 52.5. The second-order valence-electron chi connectivity index (χ2n) is 13.3. The fourth-order valence-corrected chi connectivity index (χ4v) is 6.50. The van der Waals surface area contributed by atoms with Gasteiger partial charge in [0.05, 0.1) is 6.54 Å². The Hall–Kier alpha value is -7.66. The third-order valence-electron chi connectivity index (χ3n) is 9.51. The van der Waals surface area contributed by atoms with Crippen LogP contribution in [0.5, 0.6) is 23.0 Å². The van der Waals surface area contributed by atoms with E-state index in [0.29, 0.717) is 59.7 Å². The molecule has 0 bridgehead atoms. The van der Waals surface area contributed by atoms with Gasteiger partial charge in [-0.1, -0.05) is 54.1 Å². The number of aromatic nitrogens is 2. The average Bonchev–Trinajstić information content (AvgIpc) is 4.12. The highest BCUT2D eigenvalue weighted by Crippen LogP contribution is 2.37. The Bertz CT molecular complexity index is 2470. The Morgan fingerprint density at radius 2 is 1.12 bits per heavy atom. The number of hydrogen-bond acceptors (Lipinski definition) is 13. The predicted molar refractivity (Wildman–Crippen MR) is 216 cm³/mol. The van der Waals surface area contributed by atoms with Gasteiger partial charge >= 0.3 is 5.97 Å². The molecule has 3 amide bonds. The monoisotopic (exact) mass is 816 g/mol. The quantitative estimate of drug-likeness (QED) is 0.211. The average molecular weight is 817 g/mol. The highest BCUT2D eigenvalue weighted by molar-refractivity contribution is 6.01. The van der Waals surface area contributed by atoms with Gasteiger partial charge in [-0.25, -0.2) is 4.79 Å². The molecular formula is C43H40N6O11. The molecular weight excluding hydrogens is 777 g/mol. The molecule has 6 aromatic rings. The van der Waals surface area contributed by atoms with Crippen LogP contribution >= 0.6 is 0 Å². The van der Waals surface area contributed by atoms with Gasteiger partial charge < -0.3 is 53.1 Å². The molecule has 17 heteroatoms. The number of hydrogen-bond donors (Lipinski definition) is 2. The van der Waals surface area contributed by atoms with E-state index in [9.17, 15) is 19.2 Å². The first-order valence-corrected chi connectivity index (χ1v) is 18.5. The molecule has 0 aliphatic carbocycles. The highest BCUT2D eigenvalue weighted by atomic mass is 16.7. The number of piperazine rings is 2. The zero-order chi connectivity index (χ0) is 40.7. The van der Waals surface area contributed by atoms with Crippen LogP contribution in [0.4, 0.5) is 11.4 Å². The van der Waals surface area contributed by atoms with E-state index in [2.05, 4.69) is 15.6 Å². The molecule has 6 heterocycles. The molecule has 0 saturated carbocycles. The smallest absolute Gasteiger partial charge is 0.358 e. The van der Waals surface area contributed by atoms with Crippen molar-refractivity contribution in [2.45, 2.75) is 7.43 Å². The molecule has 17 nitrogen and oxygen atoms in total. The fourth-order valence-electron chi connectivity index (χ4n) is 6.50. The molecule has 0 radical (unpaired) electrons. The minimum Gasteiger partial charge on any atom is -0.476 e. The third-order valence-corrected chi connectivity index (χ3v) is 9.51. The van der Waals surface area contributed by atoms with Crippen molar-refractivity contribution >= 4 is 35.1 Å². The zero-order valence-corrected chi connectivity index (χ0v) is 31.3. The van der Waals surface area contributed by atoms with Gasteiger partial charge in [-0.05, 0) is 60.7 Å². The maximum absolute atomic E-state index is 12.8. The number of carbonyl (C=O) groups is 4. The molecule has 0 unspecified atom stereocenters. The van der Waals surface area contributed by atoms with Crippen LogP contribution in [0.15, 0.2) is 118 Å². The summed E-state index contributed by atoms with van der Waals surface area (Å²) in [5.74, 6) is 1.94. The predicted octanol–water partition coefficient (Wildman–Crippen LogP) is 5.59. The Kier molecular flexibility index (Phi) is 12.4. The maximum Gasteiger partial charge on any atom is 0.358 e. The van der Waals surface area contributed by atoms with E-state index in [1.165, 1.54) is 11.0 Å². The number of aromatic carboxylic acids is 1.